The highest BCUT2D eigenvalue weighted by Gasteiger charge is 2.24. The van der Waals surface area contributed by atoms with Gasteiger partial charge < -0.3 is 0 Å². The molecule has 0 atom stereocenters. The van der Waals surface area contributed by atoms with Crippen LogP contribution in [0.3, 0.4) is 0 Å². The Balaban J connectivity index is 2.38. The van der Waals surface area contributed by atoms with E-state index in [1.807, 2.05) is 18.2 Å². The molecule has 1 aromatic rings. The van der Waals surface area contributed by atoms with Gasteiger partial charge in [0.2, 0.25) is 0 Å². The zero-order valence-electron chi connectivity index (χ0n) is 9.33. The van der Waals surface area contributed by atoms with Crippen LogP contribution in [0, 0.1) is 16.7 Å². The second-order valence-corrected chi connectivity index (χ2v) is 4.94. The molecule has 0 radical (unpaired) electrons. The first-order chi connectivity index (χ1) is 7.00. The van der Waals surface area contributed by atoms with E-state index in [0.29, 0.717) is 0 Å². The lowest BCUT2D eigenvalue weighted by Gasteiger charge is -2.17. The minimum atomic E-state index is 0.117. The molecule has 2 nitrogen and oxygen atoms in total. The Kier molecular flexibility index (Phi) is 2.12. The van der Waals surface area contributed by atoms with Crippen LogP contribution < -0.4 is 0 Å². The van der Waals surface area contributed by atoms with E-state index >= 15 is 0 Å². The van der Waals surface area contributed by atoms with Gasteiger partial charge in [-0.1, -0.05) is 20.8 Å². The summed E-state index contributed by atoms with van der Waals surface area (Å²) < 4.78 is 0. The van der Waals surface area contributed by atoms with E-state index in [4.69, 9.17) is 5.26 Å². The molecule has 1 aliphatic rings. The molecule has 1 aromatic carbocycles. The van der Waals surface area contributed by atoms with Crippen LogP contribution in [-0.2, 0) is 6.42 Å². The first kappa shape index (κ1) is 9.92. The Labute approximate surface area is 90.3 Å². The minimum absolute atomic E-state index is 0.117. The largest absolute Gasteiger partial charge is 0.257 e. The molecule has 0 fully saturated rings. The Hall–Kier alpha value is -1.62. The van der Waals surface area contributed by atoms with Crippen LogP contribution >= 0.6 is 0 Å². The van der Waals surface area contributed by atoms with Crippen molar-refractivity contribution in [3.05, 3.63) is 29.3 Å². The standard InChI is InChI=1S/C13H14N2/c1-13(2,3)12-7-10-6-9(8-14)4-5-11(10)15-12/h4-6H,7H2,1-3H3. The Bertz CT molecular complexity index is 470. The molecular formula is C13H14N2. The molecule has 0 aromatic heterocycles. The fraction of sp³-hybridized carbons (Fsp3) is 0.385. The van der Waals surface area contributed by atoms with Gasteiger partial charge in [-0.05, 0) is 23.8 Å². The third-order valence-electron chi connectivity index (χ3n) is 2.69. The summed E-state index contributed by atoms with van der Waals surface area (Å²) in [5.74, 6) is 0. The summed E-state index contributed by atoms with van der Waals surface area (Å²) in [6, 6.07) is 7.87. The topological polar surface area (TPSA) is 36.1 Å². The van der Waals surface area contributed by atoms with Crippen molar-refractivity contribution in [2.24, 2.45) is 10.4 Å². The first-order valence-electron chi connectivity index (χ1n) is 5.12. The van der Waals surface area contributed by atoms with E-state index in [2.05, 4.69) is 31.8 Å². The molecule has 0 spiro atoms. The number of nitriles is 1. The number of aliphatic imine (C=N–C) groups is 1. The zero-order valence-corrected chi connectivity index (χ0v) is 9.33. The van der Waals surface area contributed by atoms with Crippen LogP contribution in [-0.4, -0.2) is 5.71 Å². The van der Waals surface area contributed by atoms with Gasteiger partial charge in [-0.2, -0.15) is 5.26 Å². The third kappa shape index (κ3) is 1.78. The molecule has 0 aliphatic carbocycles. The number of nitrogens with zero attached hydrogens (tertiary/aromatic N) is 2. The van der Waals surface area contributed by atoms with Crippen molar-refractivity contribution in [3.63, 3.8) is 0 Å². The fourth-order valence-corrected chi connectivity index (χ4v) is 1.70. The predicted molar refractivity (Wildman–Crippen MR) is 61.4 cm³/mol. The minimum Gasteiger partial charge on any atom is -0.257 e. The number of fused-ring (bicyclic) bond motifs is 1. The summed E-state index contributed by atoms with van der Waals surface area (Å²) in [5, 5.41) is 8.81. The van der Waals surface area contributed by atoms with Gasteiger partial charge in [0.1, 0.15) is 0 Å². The molecule has 15 heavy (non-hydrogen) atoms. The zero-order chi connectivity index (χ0) is 11.1. The van der Waals surface area contributed by atoms with Gasteiger partial charge in [-0.25, -0.2) is 0 Å². The molecule has 0 bridgehead atoms. The maximum atomic E-state index is 8.81. The van der Waals surface area contributed by atoms with E-state index < -0.39 is 0 Å². The molecule has 0 saturated heterocycles. The highest BCUT2D eigenvalue weighted by Crippen LogP contribution is 2.33. The van der Waals surface area contributed by atoms with Crippen molar-refractivity contribution in [3.8, 4) is 6.07 Å². The quantitative estimate of drug-likeness (QED) is 0.630. The van der Waals surface area contributed by atoms with Crippen molar-refractivity contribution in [2.75, 3.05) is 0 Å². The normalized spacial score (nSPS) is 14.4. The summed E-state index contributed by atoms with van der Waals surface area (Å²) in [4.78, 5) is 4.61. The summed E-state index contributed by atoms with van der Waals surface area (Å²) in [7, 11) is 0. The van der Waals surface area contributed by atoms with Gasteiger partial charge in [-0.3, -0.25) is 4.99 Å². The van der Waals surface area contributed by atoms with Gasteiger partial charge in [0.15, 0.2) is 0 Å². The highest BCUT2D eigenvalue weighted by atomic mass is 14.8. The summed E-state index contributed by atoms with van der Waals surface area (Å²) in [6.45, 7) is 6.51. The molecule has 0 saturated carbocycles. The smallest absolute Gasteiger partial charge is 0.0991 e. The maximum Gasteiger partial charge on any atom is 0.0991 e. The number of hydrogen-bond acceptors (Lipinski definition) is 2. The van der Waals surface area contributed by atoms with Crippen LogP contribution in [0.4, 0.5) is 5.69 Å². The van der Waals surface area contributed by atoms with Gasteiger partial charge in [0, 0.05) is 17.5 Å². The van der Waals surface area contributed by atoms with E-state index in [-0.39, 0.29) is 5.41 Å². The fourth-order valence-electron chi connectivity index (χ4n) is 1.70. The lowest BCUT2D eigenvalue weighted by molar-refractivity contribution is 0.584. The summed E-state index contributed by atoms with van der Waals surface area (Å²) in [6.07, 6.45) is 0.883. The van der Waals surface area contributed by atoms with E-state index in [1.165, 1.54) is 11.3 Å². The van der Waals surface area contributed by atoms with E-state index in [9.17, 15) is 0 Å². The van der Waals surface area contributed by atoms with Crippen LogP contribution in [0.15, 0.2) is 23.2 Å². The second-order valence-electron chi connectivity index (χ2n) is 4.94. The lowest BCUT2D eigenvalue weighted by atomic mass is 9.87. The van der Waals surface area contributed by atoms with Crippen molar-refractivity contribution in [1.82, 2.24) is 0 Å². The van der Waals surface area contributed by atoms with Crippen molar-refractivity contribution in [2.45, 2.75) is 27.2 Å². The van der Waals surface area contributed by atoms with Gasteiger partial charge in [0.25, 0.3) is 0 Å². The molecule has 1 aliphatic heterocycles. The Morgan fingerprint density at radius 1 is 1.33 bits per heavy atom. The van der Waals surface area contributed by atoms with Crippen LogP contribution in [0.5, 0.6) is 0 Å². The van der Waals surface area contributed by atoms with Gasteiger partial charge >= 0.3 is 0 Å². The first-order valence-corrected chi connectivity index (χ1v) is 5.12. The lowest BCUT2D eigenvalue weighted by Crippen LogP contribution is -2.19. The van der Waals surface area contributed by atoms with Crippen molar-refractivity contribution < 1.29 is 0 Å². The predicted octanol–water partition coefficient (Wildman–Crippen LogP) is 3.23. The molecule has 0 N–H and O–H groups in total. The number of hydrogen-bond donors (Lipinski definition) is 0. The molecular weight excluding hydrogens is 184 g/mol. The monoisotopic (exact) mass is 198 g/mol. The molecule has 1 heterocycles. The number of rotatable bonds is 0. The maximum absolute atomic E-state index is 8.81. The third-order valence-corrected chi connectivity index (χ3v) is 2.69. The van der Waals surface area contributed by atoms with Gasteiger partial charge in [-0.15, -0.1) is 0 Å². The van der Waals surface area contributed by atoms with Crippen LogP contribution in [0.2, 0.25) is 0 Å². The molecule has 0 unspecified atom stereocenters. The molecule has 0 amide bonds. The average molecular weight is 198 g/mol. The van der Waals surface area contributed by atoms with Crippen molar-refractivity contribution in [1.29, 1.82) is 5.26 Å². The van der Waals surface area contributed by atoms with Crippen molar-refractivity contribution >= 4 is 11.4 Å². The van der Waals surface area contributed by atoms with Gasteiger partial charge in [0.05, 0.1) is 17.3 Å². The average Bonchev–Trinajstić information content (AvgIpc) is 2.59. The SMILES string of the molecule is CC(C)(C)C1=Nc2ccc(C#N)cc2C1. The van der Waals surface area contributed by atoms with Crippen LogP contribution in [0.1, 0.15) is 31.9 Å². The second kappa shape index (κ2) is 3.20. The van der Waals surface area contributed by atoms with E-state index in [0.717, 1.165) is 17.7 Å². The molecule has 2 rings (SSSR count). The summed E-state index contributed by atoms with van der Waals surface area (Å²) in [5.41, 5.74) is 4.25. The van der Waals surface area contributed by atoms with E-state index in [1.54, 1.807) is 0 Å². The Morgan fingerprint density at radius 3 is 2.67 bits per heavy atom. The Morgan fingerprint density at radius 2 is 2.07 bits per heavy atom. The molecule has 76 valence electrons. The summed E-state index contributed by atoms with van der Waals surface area (Å²) >= 11 is 0. The molecule has 2 heteroatoms. The van der Waals surface area contributed by atoms with Crippen LogP contribution in [0.25, 0.3) is 0 Å². The highest BCUT2D eigenvalue weighted by molar-refractivity contribution is 5.97. The number of benzene rings is 1.